The van der Waals surface area contributed by atoms with Gasteiger partial charge in [-0.25, -0.2) is 0 Å². The molecule has 19 heavy (non-hydrogen) atoms. The second-order valence-electron chi connectivity index (χ2n) is 4.90. The van der Waals surface area contributed by atoms with Gasteiger partial charge in [0.15, 0.2) is 0 Å². The van der Waals surface area contributed by atoms with E-state index in [1.807, 2.05) is 12.3 Å². The van der Waals surface area contributed by atoms with E-state index >= 15 is 0 Å². The van der Waals surface area contributed by atoms with Crippen LogP contribution in [-0.2, 0) is 16.1 Å². The zero-order valence-corrected chi connectivity index (χ0v) is 10.8. The van der Waals surface area contributed by atoms with Gasteiger partial charge < -0.3 is 10.4 Å². The lowest BCUT2D eigenvalue weighted by Crippen LogP contribution is -2.40. The zero-order valence-electron chi connectivity index (χ0n) is 10.8. The van der Waals surface area contributed by atoms with Crippen LogP contribution in [0.5, 0.6) is 0 Å². The van der Waals surface area contributed by atoms with Gasteiger partial charge in [0.1, 0.15) is 0 Å². The van der Waals surface area contributed by atoms with Gasteiger partial charge in [0.2, 0.25) is 5.91 Å². The van der Waals surface area contributed by atoms with E-state index in [1.54, 1.807) is 10.9 Å². The molecule has 2 N–H and O–H groups in total. The predicted molar refractivity (Wildman–Crippen MR) is 68.3 cm³/mol. The van der Waals surface area contributed by atoms with Gasteiger partial charge in [-0.05, 0) is 18.9 Å². The fourth-order valence-electron chi connectivity index (χ4n) is 2.60. The van der Waals surface area contributed by atoms with Crippen molar-refractivity contribution in [3.8, 4) is 0 Å². The van der Waals surface area contributed by atoms with Crippen molar-refractivity contribution in [3.05, 3.63) is 18.5 Å². The molecular weight excluding hydrogens is 246 g/mol. The Labute approximate surface area is 111 Å². The molecule has 2 atom stereocenters. The van der Waals surface area contributed by atoms with Gasteiger partial charge in [0.25, 0.3) is 0 Å². The summed E-state index contributed by atoms with van der Waals surface area (Å²) in [4.78, 5) is 23.2. The van der Waals surface area contributed by atoms with E-state index in [1.165, 1.54) is 0 Å². The molecule has 1 aliphatic rings. The monoisotopic (exact) mass is 265 g/mol. The highest BCUT2D eigenvalue weighted by atomic mass is 16.4. The van der Waals surface area contributed by atoms with Gasteiger partial charge in [-0.15, -0.1) is 0 Å². The van der Waals surface area contributed by atoms with Gasteiger partial charge in [0, 0.05) is 18.9 Å². The average molecular weight is 265 g/mol. The van der Waals surface area contributed by atoms with Gasteiger partial charge in [-0.3, -0.25) is 14.3 Å². The highest BCUT2D eigenvalue weighted by Crippen LogP contribution is 2.30. The fourth-order valence-corrected chi connectivity index (χ4v) is 2.60. The van der Waals surface area contributed by atoms with Gasteiger partial charge in [-0.1, -0.05) is 12.8 Å². The van der Waals surface area contributed by atoms with Crippen molar-refractivity contribution in [1.29, 1.82) is 0 Å². The van der Waals surface area contributed by atoms with Crippen LogP contribution in [0, 0.1) is 11.8 Å². The summed E-state index contributed by atoms with van der Waals surface area (Å²) in [6.45, 7) is 1.08. The van der Waals surface area contributed by atoms with Crippen molar-refractivity contribution in [1.82, 2.24) is 15.1 Å². The molecular formula is C13H19N3O3. The Bertz CT molecular complexity index is 430. The Balaban J connectivity index is 1.82. The molecule has 6 heteroatoms. The predicted octanol–water partition coefficient (Wildman–Crippen LogP) is 0.890. The lowest BCUT2D eigenvalue weighted by Gasteiger charge is -2.27. The Kier molecular flexibility index (Phi) is 4.54. The molecule has 1 aliphatic carbocycles. The van der Waals surface area contributed by atoms with Crippen molar-refractivity contribution in [2.75, 3.05) is 6.54 Å². The summed E-state index contributed by atoms with van der Waals surface area (Å²) in [5, 5.41) is 16.0. The van der Waals surface area contributed by atoms with E-state index < -0.39 is 11.9 Å². The molecule has 1 aromatic heterocycles. The molecule has 1 amide bonds. The van der Waals surface area contributed by atoms with Gasteiger partial charge >= 0.3 is 5.97 Å². The second-order valence-corrected chi connectivity index (χ2v) is 4.90. The standard InChI is InChI=1S/C13H19N3O3/c17-12(14-7-9-16-8-3-6-15-16)10-4-1-2-5-11(10)13(18)19/h3,6,8,10-11H,1-2,4-5,7,9H2,(H,14,17)(H,18,19)/t10-,11+/m0/s1. The van der Waals surface area contributed by atoms with Crippen LogP contribution in [-0.4, -0.2) is 33.3 Å². The van der Waals surface area contributed by atoms with Gasteiger partial charge in [0.05, 0.1) is 18.4 Å². The Morgan fingerprint density at radius 2 is 2.05 bits per heavy atom. The maximum atomic E-state index is 12.0. The molecule has 0 unspecified atom stereocenters. The van der Waals surface area contributed by atoms with E-state index in [9.17, 15) is 9.59 Å². The summed E-state index contributed by atoms with van der Waals surface area (Å²) >= 11 is 0. The summed E-state index contributed by atoms with van der Waals surface area (Å²) < 4.78 is 1.73. The van der Waals surface area contributed by atoms with Crippen LogP contribution in [0.4, 0.5) is 0 Å². The first-order valence-electron chi connectivity index (χ1n) is 6.66. The summed E-state index contributed by atoms with van der Waals surface area (Å²) in [6, 6.07) is 1.82. The summed E-state index contributed by atoms with van der Waals surface area (Å²) in [5.41, 5.74) is 0. The van der Waals surface area contributed by atoms with Crippen LogP contribution in [0.15, 0.2) is 18.5 Å². The average Bonchev–Trinajstić information content (AvgIpc) is 2.91. The molecule has 0 saturated heterocycles. The minimum atomic E-state index is -0.855. The molecule has 0 bridgehead atoms. The smallest absolute Gasteiger partial charge is 0.307 e. The maximum absolute atomic E-state index is 12.0. The van der Waals surface area contributed by atoms with Crippen LogP contribution < -0.4 is 5.32 Å². The third-order valence-corrected chi connectivity index (χ3v) is 3.62. The van der Waals surface area contributed by atoms with Crippen LogP contribution >= 0.6 is 0 Å². The number of carboxylic acid groups (broad SMARTS) is 1. The zero-order chi connectivity index (χ0) is 13.7. The van der Waals surface area contributed by atoms with Crippen molar-refractivity contribution in [2.24, 2.45) is 11.8 Å². The number of rotatable bonds is 5. The topological polar surface area (TPSA) is 84.2 Å². The summed E-state index contributed by atoms with van der Waals surface area (Å²) in [6.07, 6.45) is 6.61. The first-order valence-corrected chi connectivity index (χ1v) is 6.66. The Hall–Kier alpha value is -1.85. The Morgan fingerprint density at radius 1 is 1.32 bits per heavy atom. The first-order chi connectivity index (χ1) is 9.18. The third kappa shape index (κ3) is 3.56. The van der Waals surface area contributed by atoms with Crippen molar-refractivity contribution in [3.63, 3.8) is 0 Å². The normalized spacial score (nSPS) is 22.9. The second kappa shape index (κ2) is 6.36. The molecule has 0 aromatic carbocycles. The minimum absolute atomic E-state index is 0.140. The number of nitrogens with one attached hydrogen (secondary N) is 1. The molecule has 2 rings (SSSR count). The van der Waals surface area contributed by atoms with Crippen molar-refractivity contribution in [2.45, 2.75) is 32.2 Å². The number of hydrogen-bond acceptors (Lipinski definition) is 3. The molecule has 1 saturated carbocycles. The van der Waals surface area contributed by atoms with Crippen LogP contribution in [0.1, 0.15) is 25.7 Å². The van der Waals surface area contributed by atoms with Crippen LogP contribution in [0.2, 0.25) is 0 Å². The number of hydrogen-bond donors (Lipinski definition) is 2. The number of aliphatic carboxylic acids is 1. The SMILES string of the molecule is O=C(NCCn1cccn1)[C@H]1CCCC[C@H]1C(=O)O. The summed E-state index contributed by atoms with van der Waals surface area (Å²) in [7, 11) is 0. The third-order valence-electron chi connectivity index (χ3n) is 3.62. The molecule has 104 valence electrons. The lowest BCUT2D eigenvalue weighted by atomic mass is 9.79. The molecule has 0 aliphatic heterocycles. The quantitative estimate of drug-likeness (QED) is 0.828. The molecule has 0 spiro atoms. The Morgan fingerprint density at radius 3 is 2.68 bits per heavy atom. The summed E-state index contributed by atoms with van der Waals surface area (Å²) in [5.74, 6) is -1.91. The molecule has 1 aromatic rings. The number of carbonyl (C=O) groups excluding carboxylic acids is 1. The van der Waals surface area contributed by atoms with Crippen molar-refractivity contribution >= 4 is 11.9 Å². The highest BCUT2D eigenvalue weighted by molar-refractivity contribution is 5.84. The highest BCUT2D eigenvalue weighted by Gasteiger charge is 2.35. The maximum Gasteiger partial charge on any atom is 0.307 e. The molecule has 1 fully saturated rings. The van der Waals surface area contributed by atoms with E-state index in [2.05, 4.69) is 10.4 Å². The molecule has 6 nitrogen and oxygen atoms in total. The van der Waals surface area contributed by atoms with E-state index in [4.69, 9.17) is 5.11 Å². The number of amides is 1. The minimum Gasteiger partial charge on any atom is -0.481 e. The largest absolute Gasteiger partial charge is 0.481 e. The van der Waals surface area contributed by atoms with E-state index in [0.717, 1.165) is 12.8 Å². The molecule has 0 radical (unpaired) electrons. The number of carboxylic acids is 1. The van der Waals surface area contributed by atoms with Crippen LogP contribution in [0.25, 0.3) is 0 Å². The van der Waals surface area contributed by atoms with Crippen molar-refractivity contribution < 1.29 is 14.7 Å². The molecule has 1 heterocycles. The van der Waals surface area contributed by atoms with E-state index in [-0.39, 0.29) is 11.8 Å². The number of aromatic nitrogens is 2. The van der Waals surface area contributed by atoms with Gasteiger partial charge in [-0.2, -0.15) is 5.10 Å². The fraction of sp³-hybridized carbons (Fsp3) is 0.615. The lowest BCUT2D eigenvalue weighted by molar-refractivity contribution is -0.148. The number of nitrogens with zero attached hydrogens (tertiary/aromatic N) is 2. The van der Waals surface area contributed by atoms with E-state index in [0.29, 0.717) is 25.9 Å². The van der Waals surface area contributed by atoms with Crippen LogP contribution in [0.3, 0.4) is 0 Å². The number of carbonyl (C=O) groups is 2. The first kappa shape index (κ1) is 13.6.